The van der Waals surface area contributed by atoms with Gasteiger partial charge in [0.1, 0.15) is 5.76 Å². The number of likely N-dealkylation sites (tertiary alicyclic amines) is 1. The number of amides is 1. The molecule has 146 valence electrons. The summed E-state index contributed by atoms with van der Waals surface area (Å²) in [6, 6.07) is 8.35. The van der Waals surface area contributed by atoms with Crippen LogP contribution in [0.2, 0.25) is 0 Å². The van der Waals surface area contributed by atoms with Crippen molar-refractivity contribution in [1.29, 1.82) is 0 Å². The van der Waals surface area contributed by atoms with Crippen LogP contribution in [0.5, 0.6) is 0 Å². The number of aliphatic imine (C=N–C) groups is 1. The molecule has 3 heterocycles. The minimum Gasteiger partial charge on any atom is -0.469 e. The van der Waals surface area contributed by atoms with Crippen molar-refractivity contribution in [3.63, 3.8) is 0 Å². The number of carbonyl (C=O) groups excluding carboxylic acids is 1. The first-order chi connectivity index (χ1) is 13.2. The Bertz CT molecular complexity index is 712. The van der Waals surface area contributed by atoms with Crippen LogP contribution in [-0.2, 0) is 17.6 Å². The monoisotopic (exact) mass is 388 g/mol. The summed E-state index contributed by atoms with van der Waals surface area (Å²) in [5, 5.41) is 9.00. The fourth-order valence-corrected chi connectivity index (χ4v) is 3.86. The molecule has 1 atom stereocenters. The second kappa shape index (κ2) is 10.2. The van der Waals surface area contributed by atoms with Crippen LogP contribution in [0.1, 0.15) is 30.4 Å². The molecule has 0 saturated carbocycles. The minimum atomic E-state index is 0.223. The summed E-state index contributed by atoms with van der Waals surface area (Å²) >= 11 is 1.76. The Labute approximate surface area is 164 Å². The number of guanidine groups is 1. The van der Waals surface area contributed by atoms with Crippen LogP contribution in [-0.4, -0.2) is 49.0 Å². The number of nitrogens with zero attached hydrogens (tertiary/aromatic N) is 2. The highest BCUT2D eigenvalue weighted by atomic mass is 32.1. The molecule has 1 aliphatic heterocycles. The van der Waals surface area contributed by atoms with E-state index in [1.807, 2.05) is 24.0 Å². The standard InChI is InChI=1S/C20H28N4O2S/c1-2-19(25)24-12-9-16(15-24)23-20(21-10-7-17-5-3-13-26-17)22-11-8-18-6-4-14-27-18/h3-6,13-14,16H,2,7-12,15H2,1H3,(H2,21,22,23). The Morgan fingerprint density at radius 3 is 3.04 bits per heavy atom. The molecule has 1 fully saturated rings. The first-order valence-electron chi connectivity index (χ1n) is 9.62. The van der Waals surface area contributed by atoms with Crippen molar-refractivity contribution in [2.75, 3.05) is 26.2 Å². The third-order valence-corrected chi connectivity index (χ3v) is 5.57. The summed E-state index contributed by atoms with van der Waals surface area (Å²) in [7, 11) is 0. The predicted molar refractivity (Wildman–Crippen MR) is 109 cm³/mol. The van der Waals surface area contributed by atoms with Crippen LogP contribution in [0.15, 0.2) is 45.3 Å². The van der Waals surface area contributed by atoms with Gasteiger partial charge < -0.3 is 20.0 Å². The van der Waals surface area contributed by atoms with Gasteiger partial charge in [-0.25, -0.2) is 0 Å². The second-order valence-corrected chi connectivity index (χ2v) is 7.67. The van der Waals surface area contributed by atoms with Crippen molar-refractivity contribution in [3.05, 3.63) is 46.5 Å². The Hall–Kier alpha value is -2.28. The van der Waals surface area contributed by atoms with Gasteiger partial charge in [-0.2, -0.15) is 0 Å². The molecule has 1 saturated heterocycles. The zero-order valence-corrected chi connectivity index (χ0v) is 16.6. The summed E-state index contributed by atoms with van der Waals surface area (Å²) < 4.78 is 5.39. The molecule has 0 aromatic carbocycles. The van der Waals surface area contributed by atoms with E-state index in [0.29, 0.717) is 6.42 Å². The van der Waals surface area contributed by atoms with Gasteiger partial charge in [-0.15, -0.1) is 11.3 Å². The molecule has 0 bridgehead atoms. The normalized spacial score (nSPS) is 17.3. The summed E-state index contributed by atoms with van der Waals surface area (Å²) in [6.07, 6.45) is 4.96. The Balaban J connectivity index is 1.52. The lowest BCUT2D eigenvalue weighted by Crippen LogP contribution is -2.45. The maximum Gasteiger partial charge on any atom is 0.222 e. The van der Waals surface area contributed by atoms with Crippen molar-refractivity contribution < 1.29 is 9.21 Å². The first kappa shape index (κ1) is 19.5. The molecule has 2 aromatic heterocycles. The van der Waals surface area contributed by atoms with E-state index in [1.54, 1.807) is 17.6 Å². The SMILES string of the molecule is CCC(=O)N1CCC(NC(=NCCc2cccs2)NCCc2ccco2)C1. The van der Waals surface area contributed by atoms with Crippen molar-refractivity contribution >= 4 is 23.2 Å². The molecular formula is C20H28N4O2S. The number of hydrogen-bond acceptors (Lipinski definition) is 4. The van der Waals surface area contributed by atoms with E-state index in [9.17, 15) is 4.79 Å². The quantitative estimate of drug-likeness (QED) is 0.539. The summed E-state index contributed by atoms with van der Waals surface area (Å²) in [5.74, 6) is 2.00. The van der Waals surface area contributed by atoms with Crippen LogP contribution in [0, 0.1) is 0 Å². The van der Waals surface area contributed by atoms with Gasteiger partial charge in [0.05, 0.1) is 6.26 Å². The van der Waals surface area contributed by atoms with Gasteiger partial charge in [0.15, 0.2) is 5.96 Å². The highest BCUT2D eigenvalue weighted by Gasteiger charge is 2.25. The molecule has 7 heteroatoms. The zero-order valence-electron chi connectivity index (χ0n) is 15.8. The highest BCUT2D eigenvalue weighted by Crippen LogP contribution is 2.11. The summed E-state index contributed by atoms with van der Waals surface area (Å²) in [4.78, 5) is 19.9. The predicted octanol–water partition coefficient (Wildman–Crippen LogP) is 2.67. The molecule has 1 aliphatic rings. The molecule has 2 N–H and O–H groups in total. The highest BCUT2D eigenvalue weighted by molar-refractivity contribution is 7.09. The maximum absolute atomic E-state index is 11.9. The van der Waals surface area contributed by atoms with Gasteiger partial charge in [-0.05, 0) is 30.0 Å². The molecular weight excluding hydrogens is 360 g/mol. The van der Waals surface area contributed by atoms with Crippen LogP contribution in [0.4, 0.5) is 0 Å². The average Bonchev–Trinajstić information content (AvgIpc) is 3.43. The Morgan fingerprint density at radius 2 is 2.30 bits per heavy atom. The molecule has 1 amide bonds. The van der Waals surface area contributed by atoms with Gasteiger partial charge in [0.25, 0.3) is 0 Å². The van der Waals surface area contributed by atoms with Crippen molar-refractivity contribution in [1.82, 2.24) is 15.5 Å². The van der Waals surface area contributed by atoms with Gasteiger partial charge in [-0.1, -0.05) is 13.0 Å². The molecule has 6 nitrogen and oxygen atoms in total. The zero-order chi connectivity index (χ0) is 18.9. The lowest BCUT2D eigenvalue weighted by molar-refractivity contribution is -0.129. The van der Waals surface area contributed by atoms with Gasteiger partial charge >= 0.3 is 0 Å². The fraction of sp³-hybridized carbons (Fsp3) is 0.500. The summed E-state index contributed by atoms with van der Waals surface area (Å²) in [6.45, 7) is 4.97. The van der Waals surface area contributed by atoms with E-state index in [0.717, 1.165) is 57.2 Å². The van der Waals surface area contributed by atoms with E-state index in [2.05, 4.69) is 28.1 Å². The van der Waals surface area contributed by atoms with E-state index >= 15 is 0 Å². The van der Waals surface area contributed by atoms with Gasteiger partial charge in [0.2, 0.25) is 5.91 Å². The van der Waals surface area contributed by atoms with Gasteiger partial charge in [0, 0.05) is 56.4 Å². The molecule has 0 spiro atoms. The number of hydrogen-bond donors (Lipinski definition) is 2. The third-order valence-electron chi connectivity index (χ3n) is 4.64. The van der Waals surface area contributed by atoms with Crippen LogP contribution < -0.4 is 10.6 Å². The maximum atomic E-state index is 11.9. The number of rotatable bonds is 8. The third kappa shape index (κ3) is 6.13. The van der Waals surface area contributed by atoms with Crippen molar-refractivity contribution in [3.8, 4) is 0 Å². The van der Waals surface area contributed by atoms with Crippen LogP contribution in [0.3, 0.4) is 0 Å². The Kier molecular flexibility index (Phi) is 7.33. The van der Waals surface area contributed by atoms with E-state index in [4.69, 9.17) is 9.41 Å². The van der Waals surface area contributed by atoms with Crippen molar-refractivity contribution in [2.45, 2.75) is 38.6 Å². The molecule has 2 aromatic rings. The number of thiophene rings is 1. The first-order valence-corrected chi connectivity index (χ1v) is 10.5. The van der Waals surface area contributed by atoms with Gasteiger partial charge in [-0.3, -0.25) is 9.79 Å². The number of carbonyl (C=O) groups is 1. The molecule has 3 rings (SSSR count). The van der Waals surface area contributed by atoms with E-state index < -0.39 is 0 Å². The number of nitrogens with one attached hydrogen (secondary N) is 2. The second-order valence-electron chi connectivity index (χ2n) is 6.64. The van der Waals surface area contributed by atoms with E-state index in [1.165, 1.54) is 4.88 Å². The average molecular weight is 389 g/mol. The minimum absolute atomic E-state index is 0.223. The molecule has 1 unspecified atom stereocenters. The fourth-order valence-electron chi connectivity index (χ4n) is 3.17. The van der Waals surface area contributed by atoms with E-state index in [-0.39, 0.29) is 11.9 Å². The van der Waals surface area contributed by atoms with Crippen molar-refractivity contribution in [2.24, 2.45) is 4.99 Å². The number of furan rings is 1. The van der Waals surface area contributed by atoms with Crippen LogP contribution >= 0.6 is 11.3 Å². The Morgan fingerprint density at radius 1 is 1.37 bits per heavy atom. The van der Waals surface area contributed by atoms with Crippen LogP contribution in [0.25, 0.3) is 0 Å². The molecule has 27 heavy (non-hydrogen) atoms. The molecule has 0 radical (unpaired) electrons. The lowest BCUT2D eigenvalue weighted by atomic mass is 10.2. The smallest absolute Gasteiger partial charge is 0.222 e. The molecule has 0 aliphatic carbocycles. The topological polar surface area (TPSA) is 69.9 Å². The summed E-state index contributed by atoms with van der Waals surface area (Å²) in [5.41, 5.74) is 0. The lowest BCUT2D eigenvalue weighted by Gasteiger charge is -2.19. The largest absolute Gasteiger partial charge is 0.469 e.